The van der Waals surface area contributed by atoms with Crippen LogP contribution in [0.3, 0.4) is 0 Å². The van der Waals surface area contributed by atoms with Gasteiger partial charge < -0.3 is 10.2 Å². The summed E-state index contributed by atoms with van der Waals surface area (Å²) in [6.45, 7) is 18.0. The van der Waals surface area contributed by atoms with Gasteiger partial charge >= 0.3 is 0 Å². The summed E-state index contributed by atoms with van der Waals surface area (Å²) in [6.07, 6.45) is 0.601. The van der Waals surface area contributed by atoms with Gasteiger partial charge in [0.05, 0.1) is 11.2 Å². The van der Waals surface area contributed by atoms with Gasteiger partial charge in [-0.3, -0.25) is 0 Å². The highest BCUT2D eigenvalue weighted by Crippen LogP contribution is 2.44. The van der Waals surface area contributed by atoms with E-state index in [-0.39, 0.29) is 16.7 Å². The molecule has 0 heterocycles. The van der Waals surface area contributed by atoms with Gasteiger partial charge in [-0.1, -0.05) is 41.5 Å². The Hall–Kier alpha value is -0.0800. The molecule has 0 aromatic rings. The molecule has 0 saturated heterocycles. The fourth-order valence-electron chi connectivity index (χ4n) is 2.32. The van der Waals surface area contributed by atoms with Crippen molar-refractivity contribution in [3.63, 3.8) is 0 Å². The van der Waals surface area contributed by atoms with Crippen molar-refractivity contribution >= 4 is 0 Å². The predicted molar refractivity (Wildman–Crippen MR) is 73.9 cm³/mol. The summed E-state index contributed by atoms with van der Waals surface area (Å²) < 4.78 is 0. The lowest BCUT2D eigenvalue weighted by molar-refractivity contribution is -0.115. The molecule has 0 aromatic heterocycles. The second kappa shape index (κ2) is 4.55. The summed E-state index contributed by atoms with van der Waals surface area (Å²) in [5.41, 5.74) is -1.80. The Morgan fingerprint density at radius 3 is 1.29 bits per heavy atom. The van der Waals surface area contributed by atoms with Crippen LogP contribution >= 0.6 is 0 Å². The number of hydrogen-bond donors (Lipinski definition) is 2. The Bertz CT molecular complexity index is 232. The van der Waals surface area contributed by atoms with Gasteiger partial charge in [-0.2, -0.15) is 0 Å². The summed E-state index contributed by atoms with van der Waals surface area (Å²) in [5, 5.41) is 21.0. The largest absolute Gasteiger partial charge is 0.390 e. The topological polar surface area (TPSA) is 40.5 Å². The maximum absolute atomic E-state index is 10.6. The Morgan fingerprint density at radius 2 is 1.12 bits per heavy atom. The molecule has 0 aliphatic heterocycles. The van der Waals surface area contributed by atoms with Crippen molar-refractivity contribution in [1.29, 1.82) is 0 Å². The first-order valence-corrected chi connectivity index (χ1v) is 6.54. The van der Waals surface area contributed by atoms with E-state index < -0.39 is 11.2 Å². The zero-order valence-corrected chi connectivity index (χ0v) is 13.2. The van der Waals surface area contributed by atoms with Crippen LogP contribution in [0.5, 0.6) is 0 Å². The van der Waals surface area contributed by atoms with Gasteiger partial charge in [-0.05, 0) is 43.9 Å². The van der Waals surface area contributed by atoms with Gasteiger partial charge in [0.25, 0.3) is 0 Å². The molecule has 0 aliphatic rings. The highest BCUT2D eigenvalue weighted by atomic mass is 16.3. The quantitative estimate of drug-likeness (QED) is 0.796. The van der Waals surface area contributed by atoms with Crippen LogP contribution in [0.4, 0.5) is 0 Å². The zero-order chi connectivity index (χ0) is 14.3. The van der Waals surface area contributed by atoms with Crippen LogP contribution < -0.4 is 0 Å². The molecule has 0 aromatic carbocycles. The standard InChI is InChI=1S/C15H32O2/c1-12(2,3)11(14(7,8)16)10-15(9,17)13(4,5)6/h11,16-17H,10H2,1-9H3. The van der Waals surface area contributed by atoms with E-state index in [2.05, 4.69) is 20.8 Å². The van der Waals surface area contributed by atoms with E-state index in [0.29, 0.717) is 6.42 Å². The average molecular weight is 244 g/mol. The Labute approximate surface area is 107 Å². The monoisotopic (exact) mass is 244 g/mol. The summed E-state index contributed by atoms with van der Waals surface area (Å²) in [5.74, 6) is 0.0456. The molecular formula is C15H32O2. The summed E-state index contributed by atoms with van der Waals surface area (Å²) in [7, 11) is 0. The minimum Gasteiger partial charge on any atom is -0.390 e. The van der Waals surface area contributed by atoms with E-state index in [4.69, 9.17) is 0 Å². The third kappa shape index (κ3) is 4.59. The molecule has 0 aliphatic carbocycles. The van der Waals surface area contributed by atoms with Crippen molar-refractivity contribution in [2.75, 3.05) is 0 Å². The minimum atomic E-state index is -0.787. The first kappa shape index (κ1) is 16.9. The van der Waals surface area contributed by atoms with Crippen molar-refractivity contribution in [3.8, 4) is 0 Å². The molecule has 2 N–H and O–H groups in total. The van der Waals surface area contributed by atoms with Crippen LogP contribution in [0.1, 0.15) is 68.7 Å². The molecular weight excluding hydrogens is 212 g/mol. The van der Waals surface area contributed by atoms with Crippen LogP contribution in [-0.4, -0.2) is 21.4 Å². The number of rotatable bonds is 3. The van der Waals surface area contributed by atoms with E-state index in [1.54, 1.807) is 0 Å². The molecule has 2 atom stereocenters. The van der Waals surface area contributed by atoms with Crippen molar-refractivity contribution in [3.05, 3.63) is 0 Å². The van der Waals surface area contributed by atoms with E-state index in [0.717, 1.165) is 0 Å². The fourth-order valence-corrected chi connectivity index (χ4v) is 2.32. The Morgan fingerprint density at radius 1 is 0.765 bits per heavy atom. The van der Waals surface area contributed by atoms with Gasteiger partial charge in [0.15, 0.2) is 0 Å². The van der Waals surface area contributed by atoms with Crippen molar-refractivity contribution in [2.45, 2.75) is 79.9 Å². The summed E-state index contributed by atoms with van der Waals surface area (Å²) >= 11 is 0. The zero-order valence-electron chi connectivity index (χ0n) is 13.2. The molecule has 2 unspecified atom stereocenters. The second-order valence-corrected chi connectivity index (χ2v) is 8.30. The van der Waals surface area contributed by atoms with E-state index >= 15 is 0 Å². The number of hydrogen-bond acceptors (Lipinski definition) is 2. The van der Waals surface area contributed by atoms with Crippen molar-refractivity contribution in [2.24, 2.45) is 16.7 Å². The third-order valence-corrected chi connectivity index (χ3v) is 4.12. The molecule has 0 saturated carbocycles. The second-order valence-electron chi connectivity index (χ2n) is 8.30. The molecule has 17 heavy (non-hydrogen) atoms. The molecule has 0 radical (unpaired) electrons. The van der Waals surface area contributed by atoms with Crippen molar-refractivity contribution < 1.29 is 10.2 Å². The van der Waals surface area contributed by atoms with Gasteiger partial charge in [-0.15, -0.1) is 0 Å². The van der Waals surface area contributed by atoms with Crippen LogP contribution in [-0.2, 0) is 0 Å². The molecule has 0 spiro atoms. The van der Waals surface area contributed by atoms with E-state index in [1.165, 1.54) is 0 Å². The van der Waals surface area contributed by atoms with Crippen LogP contribution in [0.15, 0.2) is 0 Å². The fraction of sp³-hybridized carbons (Fsp3) is 1.00. The van der Waals surface area contributed by atoms with Crippen LogP contribution in [0.25, 0.3) is 0 Å². The maximum Gasteiger partial charge on any atom is 0.0671 e. The first-order valence-electron chi connectivity index (χ1n) is 6.54. The molecule has 0 fully saturated rings. The minimum absolute atomic E-state index is 0.0342. The van der Waals surface area contributed by atoms with Crippen molar-refractivity contribution in [1.82, 2.24) is 0 Å². The Kier molecular flexibility index (Phi) is 4.52. The smallest absolute Gasteiger partial charge is 0.0671 e. The molecule has 2 nitrogen and oxygen atoms in total. The molecule has 104 valence electrons. The molecule has 0 amide bonds. The maximum atomic E-state index is 10.6. The SMILES string of the molecule is CC(C)(C)C(CC(C)(O)C(C)(C)C)C(C)(C)O. The van der Waals surface area contributed by atoms with Gasteiger partial charge in [0.2, 0.25) is 0 Å². The highest BCUT2D eigenvalue weighted by Gasteiger charge is 2.45. The number of aliphatic hydroxyl groups is 2. The van der Waals surface area contributed by atoms with Crippen LogP contribution in [0.2, 0.25) is 0 Å². The van der Waals surface area contributed by atoms with Gasteiger partial charge in [-0.25, -0.2) is 0 Å². The highest BCUT2D eigenvalue weighted by molar-refractivity contribution is 4.95. The van der Waals surface area contributed by atoms with E-state index in [9.17, 15) is 10.2 Å². The lowest BCUT2D eigenvalue weighted by Crippen LogP contribution is -2.49. The molecule has 2 heteroatoms. The molecule has 0 rings (SSSR count). The normalized spacial score (nSPS) is 19.9. The van der Waals surface area contributed by atoms with E-state index in [1.807, 2.05) is 41.5 Å². The van der Waals surface area contributed by atoms with Crippen LogP contribution in [0, 0.1) is 16.7 Å². The third-order valence-electron chi connectivity index (χ3n) is 4.12. The van der Waals surface area contributed by atoms with Gasteiger partial charge in [0.1, 0.15) is 0 Å². The summed E-state index contributed by atoms with van der Waals surface area (Å²) in [6, 6.07) is 0. The molecule has 0 bridgehead atoms. The predicted octanol–water partition coefficient (Wildman–Crippen LogP) is 3.61. The summed E-state index contributed by atoms with van der Waals surface area (Å²) in [4.78, 5) is 0. The Balaban J connectivity index is 5.17. The van der Waals surface area contributed by atoms with Gasteiger partial charge in [0, 0.05) is 0 Å². The first-order chi connectivity index (χ1) is 7.09. The lowest BCUT2D eigenvalue weighted by atomic mass is 9.63. The lowest BCUT2D eigenvalue weighted by Gasteiger charge is -2.47. The average Bonchev–Trinajstić information content (AvgIpc) is 1.93.